The highest BCUT2D eigenvalue weighted by atomic mass is 35.5. The number of halogens is 1. The summed E-state index contributed by atoms with van der Waals surface area (Å²) in [7, 11) is 0. The van der Waals surface area contributed by atoms with Crippen molar-refractivity contribution in [3.05, 3.63) is 34.3 Å². The number of rotatable bonds is 3. The third-order valence-corrected chi connectivity index (χ3v) is 4.44. The Morgan fingerprint density at radius 1 is 1.44 bits per heavy atom. The molecule has 2 aliphatic rings. The molecule has 2 unspecified atom stereocenters. The summed E-state index contributed by atoms with van der Waals surface area (Å²) >= 11 is 6.10. The highest BCUT2D eigenvalue weighted by Gasteiger charge is 2.44. The molecule has 1 aliphatic heterocycles. The summed E-state index contributed by atoms with van der Waals surface area (Å²) in [5.41, 5.74) is 2.59. The Kier molecular flexibility index (Phi) is 3.06. The van der Waals surface area contributed by atoms with Crippen LogP contribution in [-0.4, -0.2) is 17.4 Å². The summed E-state index contributed by atoms with van der Waals surface area (Å²) in [6, 6.07) is 6.35. The van der Waals surface area contributed by atoms with E-state index >= 15 is 0 Å². The number of carbonyl (C=O) groups excluding carboxylic acids is 1. The van der Waals surface area contributed by atoms with Crippen LogP contribution in [-0.2, 0) is 11.2 Å². The first-order valence-electron chi connectivity index (χ1n) is 6.79. The molecule has 0 spiro atoms. The molecule has 2 bridgehead atoms. The van der Waals surface area contributed by atoms with E-state index in [1.54, 1.807) is 0 Å². The van der Waals surface area contributed by atoms with Crippen molar-refractivity contribution < 1.29 is 4.79 Å². The lowest BCUT2D eigenvalue weighted by atomic mass is 9.84. The zero-order valence-electron chi connectivity index (χ0n) is 10.7. The number of carbonyl (C=O) groups is 1. The van der Waals surface area contributed by atoms with Crippen molar-refractivity contribution in [2.45, 2.75) is 38.6 Å². The quantitative estimate of drug-likeness (QED) is 0.816. The van der Waals surface area contributed by atoms with Crippen LogP contribution in [0.15, 0.2) is 18.2 Å². The second kappa shape index (κ2) is 4.58. The normalized spacial score (nSPS) is 25.4. The summed E-state index contributed by atoms with van der Waals surface area (Å²) in [6.07, 6.45) is 4.09. The van der Waals surface area contributed by atoms with Gasteiger partial charge in [-0.2, -0.15) is 0 Å². The predicted molar refractivity (Wildman–Crippen MR) is 72.6 cm³/mol. The van der Waals surface area contributed by atoms with E-state index in [0.717, 1.165) is 37.3 Å². The maximum absolute atomic E-state index is 12.3. The molecule has 1 heterocycles. The molecule has 0 radical (unpaired) electrons. The number of hydrogen-bond acceptors (Lipinski definition) is 1. The molecule has 96 valence electrons. The SMILES string of the molecule is CCCCN1C(=O)C2Cc3ccc(Cl)cc3C1C2. The lowest BCUT2D eigenvalue weighted by molar-refractivity contribution is -0.131. The van der Waals surface area contributed by atoms with Crippen LogP contribution in [0.5, 0.6) is 0 Å². The standard InChI is InChI=1S/C15H18ClNO/c1-2-3-6-17-14-8-11(15(17)18)7-10-4-5-12(16)9-13(10)14/h4-5,9,11,14H,2-3,6-8H2,1H3. The zero-order chi connectivity index (χ0) is 12.7. The van der Waals surface area contributed by atoms with E-state index in [1.165, 1.54) is 11.1 Å². The van der Waals surface area contributed by atoms with Crippen molar-refractivity contribution in [3.63, 3.8) is 0 Å². The fourth-order valence-corrected chi connectivity index (χ4v) is 3.45. The summed E-state index contributed by atoms with van der Waals surface area (Å²) < 4.78 is 0. The topological polar surface area (TPSA) is 20.3 Å². The maximum Gasteiger partial charge on any atom is 0.226 e. The van der Waals surface area contributed by atoms with E-state index in [-0.39, 0.29) is 12.0 Å². The molecule has 1 fully saturated rings. The van der Waals surface area contributed by atoms with Gasteiger partial charge in [-0.1, -0.05) is 31.0 Å². The van der Waals surface area contributed by atoms with Crippen LogP contribution >= 0.6 is 11.6 Å². The highest BCUT2D eigenvalue weighted by Crippen LogP contribution is 2.44. The molecular weight excluding hydrogens is 246 g/mol. The largest absolute Gasteiger partial charge is 0.335 e. The van der Waals surface area contributed by atoms with E-state index in [9.17, 15) is 4.79 Å². The Labute approximate surface area is 113 Å². The van der Waals surface area contributed by atoms with Crippen molar-refractivity contribution in [2.24, 2.45) is 5.92 Å². The Bertz CT molecular complexity index is 485. The van der Waals surface area contributed by atoms with Gasteiger partial charge in [0.25, 0.3) is 0 Å². The number of benzene rings is 1. The van der Waals surface area contributed by atoms with E-state index in [0.29, 0.717) is 5.91 Å². The Morgan fingerprint density at radius 2 is 2.28 bits per heavy atom. The van der Waals surface area contributed by atoms with Crippen molar-refractivity contribution in [3.8, 4) is 0 Å². The fraction of sp³-hybridized carbons (Fsp3) is 0.533. The maximum atomic E-state index is 12.3. The molecule has 1 saturated heterocycles. The molecular formula is C15H18ClNO. The smallest absolute Gasteiger partial charge is 0.226 e. The van der Waals surface area contributed by atoms with Gasteiger partial charge in [-0.25, -0.2) is 0 Å². The molecule has 1 amide bonds. The first-order chi connectivity index (χ1) is 8.70. The van der Waals surface area contributed by atoms with Gasteiger partial charge < -0.3 is 4.90 Å². The van der Waals surface area contributed by atoms with E-state index in [2.05, 4.69) is 24.0 Å². The molecule has 18 heavy (non-hydrogen) atoms. The number of amides is 1. The van der Waals surface area contributed by atoms with Gasteiger partial charge in [0.2, 0.25) is 5.91 Å². The number of nitrogens with zero attached hydrogens (tertiary/aromatic N) is 1. The average Bonchev–Trinajstić information content (AvgIpc) is 2.62. The molecule has 2 nitrogen and oxygen atoms in total. The molecule has 2 atom stereocenters. The minimum Gasteiger partial charge on any atom is -0.335 e. The van der Waals surface area contributed by atoms with Gasteiger partial charge >= 0.3 is 0 Å². The minimum atomic E-state index is 0.209. The third-order valence-electron chi connectivity index (χ3n) is 4.20. The van der Waals surface area contributed by atoms with Gasteiger partial charge in [-0.05, 0) is 42.5 Å². The first kappa shape index (κ1) is 12.0. The average molecular weight is 264 g/mol. The number of hydrogen-bond donors (Lipinski definition) is 0. The van der Waals surface area contributed by atoms with Crippen molar-refractivity contribution in [2.75, 3.05) is 6.54 Å². The fourth-order valence-electron chi connectivity index (χ4n) is 3.27. The third kappa shape index (κ3) is 1.83. The van der Waals surface area contributed by atoms with Crippen molar-refractivity contribution in [1.82, 2.24) is 4.90 Å². The Morgan fingerprint density at radius 3 is 3.06 bits per heavy atom. The van der Waals surface area contributed by atoms with E-state index in [1.807, 2.05) is 6.07 Å². The predicted octanol–water partition coefficient (Wildman–Crippen LogP) is 3.59. The van der Waals surface area contributed by atoms with Crippen molar-refractivity contribution >= 4 is 17.5 Å². The number of fused-ring (bicyclic) bond motifs is 4. The molecule has 3 rings (SSSR count). The minimum absolute atomic E-state index is 0.209. The van der Waals surface area contributed by atoms with Crippen LogP contribution in [0.4, 0.5) is 0 Å². The van der Waals surface area contributed by atoms with Gasteiger partial charge in [0, 0.05) is 17.5 Å². The lowest BCUT2D eigenvalue weighted by Gasteiger charge is -2.27. The molecule has 0 aromatic heterocycles. The monoisotopic (exact) mass is 263 g/mol. The van der Waals surface area contributed by atoms with Gasteiger partial charge in [0.1, 0.15) is 0 Å². The molecule has 3 heteroatoms. The molecule has 0 saturated carbocycles. The summed E-state index contributed by atoms with van der Waals surface area (Å²) in [5, 5.41) is 0.780. The van der Waals surface area contributed by atoms with Crippen LogP contribution in [0.2, 0.25) is 5.02 Å². The molecule has 1 aliphatic carbocycles. The highest BCUT2D eigenvalue weighted by molar-refractivity contribution is 6.30. The van der Waals surface area contributed by atoms with E-state index in [4.69, 9.17) is 11.6 Å². The first-order valence-corrected chi connectivity index (χ1v) is 7.17. The number of unbranched alkanes of at least 4 members (excludes halogenated alkanes) is 1. The zero-order valence-corrected chi connectivity index (χ0v) is 11.4. The summed E-state index contributed by atoms with van der Waals surface area (Å²) in [4.78, 5) is 14.4. The van der Waals surface area contributed by atoms with Crippen molar-refractivity contribution in [1.29, 1.82) is 0 Å². The summed E-state index contributed by atoms with van der Waals surface area (Å²) in [6.45, 7) is 3.06. The number of likely N-dealkylation sites (tertiary alicyclic amines) is 1. The van der Waals surface area contributed by atoms with Gasteiger partial charge in [0.05, 0.1) is 6.04 Å². The van der Waals surface area contributed by atoms with Crippen LogP contribution < -0.4 is 0 Å². The lowest BCUT2D eigenvalue weighted by Crippen LogP contribution is -2.29. The van der Waals surface area contributed by atoms with E-state index < -0.39 is 0 Å². The van der Waals surface area contributed by atoms with Gasteiger partial charge in [0.15, 0.2) is 0 Å². The molecule has 1 aromatic rings. The second-order valence-corrected chi connectivity index (χ2v) is 5.82. The van der Waals surface area contributed by atoms with Crippen LogP contribution in [0.25, 0.3) is 0 Å². The van der Waals surface area contributed by atoms with Gasteiger partial charge in [-0.3, -0.25) is 4.79 Å². The summed E-state index contributed by atoms with van der Waals surface area (Å²) in [5.74, 6) is 0.557. The van der Waals surface area contributed by atoms with Crippen LogP contribution in [0.3, 0.4) is 0 Å². The Hall–Kier alpha value is -1.02. The van der Waals surface area contributed by atoms with Crippen LogP contribution in [0, 0.1) is 5.92 Å². The Balaban J connectivity index is 1.95. The molecule has 1 aromatic carbocycles. The van der Waals surface area contributed by atoms with Crippen LogP contribution in [0.1, 0.15) is 43.4 Å². The second-order valence-electron chi connectivity index (χ2n) is 5.38. The van der Waals surface area contributed by atoms with Gasteiger partial charge in [-0.15, -0.1) is 0 Å². The molecule has 0 N–H and O–H groups in total.